The number of thiophene rings is 1. The summed E-state index contributed by atoms with van der Waals surface area (Å²) in [6, 6.07) is 12.4. The third-order valence-corrected chi connectivity index (χ3v) is 4.62. The van der Waals surface area contributed by atoms with E-state index in [0.29, 0.717) is 13.1 Å². The molecule has 0 aliphatic carbocycles. The number of nitrogens with zero attached hydrogens (tertiary/aromatic N) is 3. The average Bonchev–Trinajstić information content (AvgIpc) is 2.89. The van der Waals surface area contributed by atoms with Gasteiger partial charge in [-0.05, 0) is 11.6 Å². The van der Waals surface area contributed by atoms with Gasteiger partial charge in [0, 0.05) is 18.0 Å². The minimum atomic E-state index is -0.229. The summed E-state index contributed by atoms with van der Waals surface area (Å²) in [6.45, 7) is 1.31. The quantitative estimate of drug-likeness (QED) is 0.785. The summed E-state index contributed by atoms with van der Waals surface area (Å²) in [5.41, 5.74) is 1.20. The predicted octanol–water partition coefficient (Wildman–Crippen LogP) is 2.54. The van der Waals surface area contributed by atoms with Gasteiger partial charge >= 0.3 is 0 Å². The van der Waals surface area contributed by atoms with Crippen LogP contribution in [0.5, 0.6) is 0 Å². The maximum Gasteiger partial charge on any atom is 0.140 e. The molecule has 0 unspecified atom stereocenters. The van der Waals surface area contributed by atoms with E-state index in [2.05, 4.69) is 33.1 Å². The Kier molecular flexibility index (Phi) is 2.68. The molecule has 1 N–H and O–H groups in total. The molecule has 0 atom stereocenters. The average molecular weight is 283 g/mol. The molecule has 3 heterocycles. The van der Waals surface area contributed by atoms with Gasteiger partial charge in [-0.1, -0.05) is 30.3 Å². The van der Waals surface area contributed by atoms with Crippen LogP contribution in [0.2, 0.25) is 0 Å². The second-order valence-corrected chi connectivity index (χ2v) is 5.98. The van der Waals surface area contributed by atoms with E-state index in [1.54, 1.807) is 17.7 Å². The van der Waals surface area contributed by atoms with Crippen LogP contribution in [0.3, 0.4) is 0 Å². The van der Waals surface area contributed by atoms with Gasteiger partial charge in [-0.3, -0.25) is 0 Å². The summed E-state index contributed by atoms with van der Waals surface area (Å²) in [6.07, 6.45) is 1.38. The lowest BCUT2D eigenvalue weighted by Gasteiger charge is -2.36. The van der Waals surface area contributed by atoms with E-state index in [9.17, 15) is 5.11 Å². The van der Waals surface area contributed by atoms with Gasteiger partial charge in [-0.15, -0.1) is 11.3 Å². The van der Waals surface area contributed by atoms with Gasteiger partial charge in [0.1, 0.15) is 17.0 Å². The maximum absolute atomic E-state index is 9.45. The van der Waals surface area contributed by atoms with Crippen LogP contribution in [0.4, 0.5) is 5.82 Å². The highest BCUT2D eigenvalue weighted by Gasteiger charge is 2.27. The number of hydrogen-bond acceptors (Lipinski definition) is 5. The van der Waals surface area contributed by atoms with Gasteiger partial charge in [-0.2, -0.15) is 0 Å². The van der Waals surface area contributed by atoms with Crippen LogP contribution >= 0.6 is 11.3 Å². The molecule has 1 fully saturated rings. The second-order valence-electron chi connectivity index (χ2n) is 4.95. The zero-order valence-electron chi connectivity index (χ0n) is 10.7. The predicted molar refractivity (Wildman–Crippen MR) is 81.1 cm³/mol. The monoisotopic (exact) mass is 283 g/mol. The van der Waals surface area contributed by atoms with Crippen molar-refractivity contribution in [2.24, 2.45) is 0 Å². The highest BCUT2D eigenvalue weighted by Crippen LogP contribution is 2.36. The van der Waals surface area contributed by atoms with Crippen molar-refractivity contribution in [3.8, 4) is 10.4 Å². The molecule has 1 aromatic carbocycles. The summed E-state index contributed by atoms with van der Waals surface area (Å²) in [4.78, 5) is 13.0. The zero-order valence-corrected chi connectivity index (χ0v) is 11.5. The summed E-state index contributed by atoms with van der Waals surface area (Å²) in [7, 11) is 0. The van der Waals surface area contributed by atoms with Crippen LogP contribution in [0.1, 0.15) is 0 Å². The smallest absolute Gasteiger partial charge is 0.140 e. The molecule has 20 heavy (non-hydrogen) atoms. The first-order chi connectivity index (χ1) is 9.81. The SMILES string of the molecule is OC1CN(c2ncnc3sc(-c4ccccc4)cc23)C1. The van der Waals surface area contributed by atoms with Crippen molar-refractivity contribution in [3.05, 3.63) is 42.7 Å². The summed E-state index contributed by atoms with van der Waals surface area (Å²) >= 11 is 1.68. The van der Waals surface area contributed by atoms with Gasteiger partial charge in [0.25, 0.3) is 0 Å². The van der Waals surface area contributed by atoms with Crippen molar-refractivity contribution in [1.29, 1.82) is 0 Å². The van der Waals surface area contributed by atoms with Crippen molar-refractivity contribution in [1.82, 2.24) is 9.97 Å². The Morgan fingerprint density at radius 3 is 2.70 bits per heavy atom. The molecule has 4 nitrogen and oxygen atoms in total. The van der Waals surface area contributed by atoms with E-state index in [4.69, 9.17) is 0 Å². The van der Waals surface area contributed by atoms with Crippen molar-refractivity contribution < 1.29 is 5.11 Å². The van der Waals surface area contributed by atoms with E-state index in [1.165, 1.54) is 10.4 Å². The lowest BCUT2D eigenvalue weighted by molar-refractivity contribution is 0.141. The van der Waals surface area contributed by atoms with Crippen LogP contribution in [0, 0.1) is 0 Å². The molecule has 0 radical (unpaired) electrons. The molecule has 4 rings (SSSR count). The number of aromatic nitrogens is 2. The number of anilines is 1. The van der Waals surface area contributed by atoms with E-state index in [0.717, 1.165) is 16.0 Å². The molecule has 0 spiro atoms. The van der Waals surface area contributed by atoms with Crippen LogP contribution in [-0.2, 0) is 0 Å². The molecule has 0 saturated carbocycles. The molecule has 1 aliphatic rings. The number of benzene rings is 1. The fraction of sp³-hybridized carbons (Fsp3) is 0.200. The Bertz CT molecular complexity index is 750. The first-order valence-electron chi connectivity index (χ1n) is 6.54. The highest BCUT2D eigenvalue weighted by molar-refractivity contribution is 7.21. The van der Waals surface area contributed by atoms with Crippen molar-refractivity contribution in [2.75, 3.05) is 18.0 Å². The first kappa shape index (κ1) is 11.8. The number of rotatable bonds is 2. The van der Waals surface area contributed by atoms with Gasteiger partial charge in [-0.25, -0.2) is 9.97 Å². The van der Waals surface area contributed by atoms with E-state index in [1.807, 2.05) is 18.2 Å². The third-order valence-electron chi connectivity index (χ3n) is 3.53. The Morgan fingerprint density at radius 1 is 1.15 bits per heavy atom. The maximum atomic E-state index is 9.45. The zero-order chi connectivity index (χ0) is 13.5. The molecule has 1 saturated heterocycles. The number of aliphatic hydroxyl groups excluding tert-OH is 1. The third kappa shape index (κ3) is 1.87. The van der Waals surface area contributed by atoms with Gasteiger partial charge in [0.15, 0.2) is 0 Å². The Morgan fingerprint density at radius 2 is 1.95 bits per heavy atom. The van der Waals surface area contributed by atoms with Gasteiger partial charge in [0.2, 0.25) is 0 Å². The Labute approximate surface area is 120 Å². The molecule has 5 heteroatoms. The van der Waals surface area contributed by atoms with Crippen LogP contribution in [0.25, 0.3) is 20.7 Å². The molecule has 2 aromatic heterocycles. The van der Waals surface area contributed by atoms with Crippen molar-refractivity contribution in [2.45, 2.75) is 6.10 Å². The summed E-state index contributed by atoms with van der Waals surface area (Å²) in [5, 5.41) is 10.5. The molecule has 3 aromatic rings. The van der Waals surface area contributed by atoms with E-state index < -0.39 is 0 Å². The van der Waals surface area contributed by atoms with Crippen LogP contribution in [-0.4, -0.2) is 34.3 Å². The number of hydrogen-bond donors (Lipinski definition) is 1. The van der Waals surface area contributed by atoms with E-state index in [-0.39, 0.29) is 6.10 Å². The molecule has 0 bridgehead atoms. The molecule has 100 valence electrons. The molecular weight excluding hydrogens is 270 g/mol. The molecule has 0 amide bonds. The Hall–Kier alpha value is -1.98. The Balaban J connectivity index is 1.81. The fourth-order valence-corrected chi connectivity index (χ4v) is 3.47. The van der Waals surface area contributed by atoms with E-state index >= 15 is 0 Å². The van der Waals surface area contributed by atoms with Crippen molar-refractivity contribution >= 4 is 27.4 Å². The molecule has 1 aliphatic heterocycles. The fourth-order valence-electron chi connectivity index (χ4n) is 2.47. The van der Waals surface area contributed by atoms with Crippen molar-refractivity contribution in [3.63, 3.8) is 0 Å². The van der Waals surface area contributed by atoms with Gasteiger partial charge < -0.3 is 10.0 Å². The standard InChI is InChI=1S/C15H13N3OS/c19-11-7-18(8-11)14-12-6-13(10-4-2-1-3-5-10)20-15(12)17-9-16-14/h1-6,9,11,19H,7-8H2. The largest absolute Gasteiger partial charge is 0.389 e. The summed E-state index contributed by atoms with van der Waals surface area (Å²) in [5.74, 6) is 0.929. The minimum absolute atomic E-state index is 0.229. The van der Waals surface area contributed by atoms with Crippen LogP contribution in [0.15, 0.2) is 42.7 Å². The summed E-state index contributed by atoms with van der Waals surface area (Å²) < 4.78 is 0. The topological polar surface area (TPSA) is 49.2 Å². The number of β-amino-alcohol motifs (C(OH)–C–C–N with tert-alkyl or cyclic N) is 1. The van der Waals surface area contributed by atoms with Gasteiger partial charge in [0.05, 0.1) is 11.5 Å². The lowest BCUT2D eigenvalue weighted by Crippen LogP contribution is -2.51. The number of fused-ring (bicyclic) bond motifs is 1. The molecular formula is C15H13N3OS. The lowest BCUT2D eigenvalue weighted by atomic mass is 10.1. The minimum Gasteiger partial charge on any atom is -0.389 e. The normalized spacial score (nSPS) is 15.6. The first-order valence-corrected chi connectivity index (χ1v) is 7.36. The second kappa shape index (κ2) is 4.54. The number of aliphatic hydroxyl groups is 1. The highest BCUT2D eigenvalue weighted by atomic mass is 32.1. The van der Waals surface area contributed by atoms with Crippen LogP contribution < -0.4 is 4.90 Å².